The van der Waals surface area contributed by atoms with Crippen LogP contribution in [0, 0.1) is 5.92 Å². The van der Waals surface area contributed by atoms with E-state index in [0.717, 1.165) is 31.6 Å². The van der Waals surface area contributed by atoms with E-state index in [-0.39, 0.29) is 22.4 Å². The maximum absolute atomic E-state index is 12.9. The number of carbonyl (C=O) groups excluding carboxylic acids is 1. The molecule has 1 saturated carbocycles. The summed E-state index contributed by atoms with van der Waals surface area (Å²) in [5.41, 5.74) is 1.06. The summed E-state index contributed by atoms with van der Waals surface area (Å²) >= 11 is 0. The van der Waals surface area contributed by atoms with Gasteiger partial charge in [-0.15, -0.1) is 0 Å². The highest BCUT2D eigenvalue weighted by molar-refractivity contribution is 6.15. The first-order valence-electron chi connectivity index (χ1n) is 11.0. The smallest absolute Gasteiger partial charge is 0.336 e. The average Bonchev–Trinajstić information content (AvgIpc) is 2.76. The van der Waals surface area contributed by atoms with Crippen molar-refractivity contribution >= 4 is 17.4 Å². The normalized spacial score (nSPS) is 14.4. The second-order valence-corrected chi connectivity index (χ2v) is 8.18. The number of carboxylic acids is 1. The molecule has 0 spiro atoms. The standard InChI is InChI=1S/C25H31NO4/c1-2-3-15-26(17-18-9-5-4-6-10-18)19-13-14-22(23(27)16-19)24(28)20-11-7-8-12-21(20)25(29)30/h7-8,11-14,16,18,27H,2-6,9-10,15,17H2,1H3,(H,29,30). The highest BCUT2D eigenvalue weighted by Crippen LogP contribution is 2.31. The Morgan fingerprint density at radius 1 is 1.00 bits per heavy atom. The number of anilines is 1. The van der Waals surface area contributed by atoms with Crippen molar-refractivity contribution in [3.8, 4) is 5.75 Å². The van der Waals surface area contributed by atoms with Gasteiger partial charge in [-0.1, -0.05) is 50.8 Å². The van der Waals surface area contributed by atoms with Gasteiger partial charge in [-0.25, -0.2) is 4.79 Å². The topological polar surface area (TPSA) is 77.8 Å². The lowest BCUT2D eigenvalue weighted by atomic mass is 9.88. The number of aromatic hydroxyl groups is 1. The monoisotopic (exact) mass is 409 g/mol. The first-order chi connectivity index (χ1) is 14.5. The van der Waals surface area contributed by atoms with E-state index in [1.807, 2.05) is 6.07 Å². The molecule has 2 N–H and O–H groups in total. The number of phenols is 1. The Hall–Kier alpha value is -2.82. The Bertz CT molecular complexity index is 886. The van der Waals surface area contributed by atoms with Crippen LogP contribution in [-0.4, -0.2) is 35.1 Å². The molecule has 5 heteroatoms. The van der Waals surface area contributed by atoms with Crippen molar-refractivity contribution in [2.24, 2.45) is 5.92 Å². The molecule has 0 heterocycles. The van der Waals surface area contributed by atoms with E-state index in [1.54, 1.807) is 24.3 Å². The summed E-state index contributed by atoms with van der Waals surface area (Å²) in [6.45, 7) is 4.05. The van der Waals surface area contributed by atoms with Gasteiger partial charge in [0.15, 0.2) is 5.78 Å². The largest absolute Gasteiger partial charge is 0.507 e. The average molecular weight is 410 g/mol. The maximum Gasteiger partial charge on any atom is 0.336 e. The Morgan fingerprint density at radius 3 is 2.33 bits per heavy atom. The van der Waals surface area contributed by atoms with Crippen molar-refractivity contribution in [3.63, 3.8) is 0 Å². The third kappa shape index (κ3) is 5.21. The number of nitrogens with zero attached hydrogens (tertiary/aromatic N) is 1. The van der Waals surface area contributed by atoms with Gasteiger partial charge in [0.05, 0.1) is 11.1 Å². The summed E-state index contributed by atoms with van der Waals surface area (Å²) < 4.78 is 0. The zero-order valence-corrected chi connectivity index (χ0v) is 17.6. The van der Waals surface area contributed by atoms with E-state index < -0.39 is 11.8 Å². The van der Waals surface area contributed by atoms with Crippen LogP contribution >= 0.6 is 0 Å². The number of unbranched alkanes of at least 4 members (excludes halogenated alkanes) is 1. The number of rotatable bonds is 9. The zero-order chi connectivity index (χ0) is 21.5. The number of hydrogen-bond acceptors (Lipinski definition) is 4. The maximum atomic E-state index is 12.9. The van der Waals surface area contributed by atoms with Crippen molar-refractivity contribution in [1.29, 1.82) is 0 Å². The van der Waals surface area contributed by atoms with Crippen LogP contribution < -0.4 is 4.90 Å². The molecule has 3 rings (SSSR count). The van der Waals surface area contributed by atoms with E-state index >= 15 is 0 Å². The first-order valence-corrected chi connectivity index (χ1v) is 11.0. The fourth-order valence-electron chi connectivity index (χ4n) is 4.28. The van der Waals surface area contributed by atoms with Crippen LogP contribution in [0.4, 0.5) is 5.69 Å². The minimum atomic E-state index is -1.16. The molecule has 30 heavy (non-hydrogen) atoms. The SMILES string of the molecule is CCCCN(CC1CCCCC1)c1ccc(C(=O)c2ccccc2C(=O)O)c(O)c1. The Morgan fingerprint density at radius 2 is 1.70 bits per heavy atom. The molecule has 5 nitrogen and oxygen atoms in total. The summed E-state index contributed by atoms with van der Waals surface area (Å²) in [5.74, 6) is -1.08. The van der Waals surface area contributed by atoms with Crippen LogP contribution in [0.25, 0.3) is 0 Å². The molecule has 0 aliphatic heterocycles. The van der Waals surface area contributed by atoms with Crippen LogP contribution in [0.15, 0.2) is 42.5 Å². The van der Waals surface area contributed by atoms with E-state index in [2.05, 4.69) is 11.8 Å². The van der Waals surface area contributed by atoms with Crippen molar-refractivity contribution in [2.75, 3.05) is 18.0 Å². The van der Waals surface area contributed by atoms with Crippen LogP contribution in [0.3, 0.4) is 0 Å². The minimum absolute atomic E-state index is 0.0622. The summed E-state index contributed by atoms with van der Waals surface area (Å²) in [7, 11) is 0. The van der Waals surface area contributed by atoms with E-state index in [4.69, 9.17) is 0 Å². The molecule has 0 unspecified atom stereocenters. The third-order valence-electron chi connectivity index (χ3n) is 5.98. The quantitative estimate of drug-likeness (QED) is 0.534. The summed E-state index contributed by atoms with van der Waals surface area (Å²) in [5, 5.41) is 20.0. The Balaban J connectivity index is 1.85. The van der Waals surface area contributed by atoms with Gasteiger partial charge >= 0.3 is 5.97 Å². The van der Waals surface area contributed by atoms with E-state index in [0.29, 0.717) is 5.92 Å². The van der Waals surface area contributed by atoms with Crippen LogP contribution in [0.5, 0.6) is 5.75 Å². The van der Waals surface area contributed by atoms with Gasteiger partial charge < -0.3 is 15.1 Å². The number of carbonyl (C=O) groups is 2. The molecule has 160 valence electrons. The van der Waals surface area contributed by atoms with E-state index in [9.17, 15) is 19.8 Å². The van der Waals surface area contributed by atoms with Crippen molar-refractivity contribution in [2.45, 2.75) is 51.9 Å². The highest BCUT2D eigenvalue weighted by atomic mass is 16.4. The molecule has 1 aliphatic carbocycles. The van der Waals surface area contributed by atoms with Crippen molar-refractivity contribution in [1.82, 2.24) is 0 Å². The van der Waals surface area contributed by atoms with Gasteiger partial charge in [-0.2, -0.15) is 0 Å². The molecular weight excluding hydrogens is 378 g/mol. The molecule has 0 aromatic heterocycles. The molecule has 2 aromatic rings. The number of ketones is 1. The molecule has 1 fully saturated rings. The molecule has 0 radical (unpaired) electrons. The van der Waals surface area contributed by atoms with Crippen molar-refractivity contribution < 1.29 is 19.8 Å². The summed E-state index contributed by atoms with van der Waals surface area (Å²) in [6, 6.07) is 11.2. The predicted molar refractivity (Wildman–Crippen MR) is 119 cm³/mol. The first kappa shape index (κ1) is 21.9. The van der Waals surface area contributed by atoms with Gasteiger partial charge in [0.25, 0.3) is 0 Å². The molecular formula is C25H31NO4. The second-order valence-electron chi connectivity index (χ2n) is 8.18. The number of phenolic OH excluding ortho intramolecular Hbond substituents is 1. The number of aromatic carboxylic acids is 1. The minimum Gasteiger partial charge on any atom is -0.507 e. The van der Waals surface area contributed by atoms with Crippen LogP contribution in [-0.2, 0) is 0 Å². The van der Waals surface area contributed by atoms with Gasteiger partial charge in [0.2, 0.25) is 0 Å². The van der Waals surface area contributed by atoms with Gasteiger partial charge in [-0.05, 0) is 43.4 Å². The summed E-state index contributed by atoms with van der Waals surface area (Å²) in [4.78, 5) is 26.7. The van der Waals surface area contributed by atoms with Crippen LogP contribution in [0.1, 0.15) is 78.1 Å². The van der Waals surface area contributed by atoms with E-state index in [1.165, 1.54) is 44.2 Å². The highest BCUT2D eigenvalue weighted by Gasteiger charge is 2.22. The lowest BCUT2D eigenvalue weighted by Crippen LogP contribution is -2.31. The fourth-order valence-corrected chi connectivity index (χ4v) is 4.28. The fraction of sp³-hybridized carbons (Fsp3) is 0.440. The van der Waals surface area contributed by atoms with Crippen LogP contribution in [0.2, 0.25) is 0 Å². The molecule has 1 aliphatic rings. The third-order valence-corrected chi connectivity index (χ3v) is 5.98. The van der Waals surface area contributed by atoms with Gasteiger partial charge in [0, 0.05) is 30.4 Å². The summed E-state index contributed by atoms with van der Waals surface area (Å²) in [6.07, 6.45) is 8.55. The number of benzene rings is 2. The molecule has 2 aromatic carbocycles. The molecule has 0 bridgehead atoms. The predicted octanol–water partition coefficient (Wildman–Crippen LogP) is 5.51. The zero-order valence-electron chi connectivity index (χ0n) is 17.6. The van der Waals surface area contributed by atoms with Gasteiger partial charge in [0.1, 0.15) is 5.75 Å². The second kappa shape index (κ2) is 10.3. The Labute approximate surface area is 178 Å². The van der Waals surface area contributed by atoms with Gasteiger partial charge in [-0.3, -0.25) is 4.79 Å². The van der Waals surface area contributed by atoms with Crippen molar-refractivity contribution in [3.05, 3.63) is 59.2 Å². The Kier molecular flexibility index (Phi) is 7.50. The molecule has 0 saturated heterocycles. The lowest BCUT2D eigenvalue weighted by Gasteiger charge is -2.31. The molecule has 0 atom stereocenters. The number of carboxylic acid groups (broad SMARTS) is 1. The lowest BCUT2D eigenvalue weighted by molar-refractivity contribution is 0.0692. The number of hydrogen-bond donors (Lipinski definition) is 2. The molecule has 0 amide bonds.